The standard InChI is InChI=1S/C19H15F5N2O2/c20-13-1-3-15(4-2-13)26-6-5-16(18(26)28)17(27)25-10-11-7-12(19(22,23)24)9-14(21)8-11/h1-4,7-9,16H,5-6,10H2,(H,25,27). The molecule has 148 valence electrons. The Bertz CT molecular complexity index is 896. The number of rotatable bonds is 4. The maximum Gasteiger partial charge on any atom is 0.416 e. The summed E-state index contributed by atoms with van der Waals surface area (Å²) in [5, 5.41) is 2.38. The zero-order valence-corrected chi connectivity index (χ0v) is 14.4. The summed E-state index contributed by atoms with van der Waals surface area (Å²) in [6, 6.07) is 7.21. The van der Waals surface area contributed by atoms with Crippen LogP contribution in [0.5, 0.6) is 0 Å². The molecule has 1 saturated heterocycles. The molecule has 0 spiro atoms. The van der Waals surface area contributed by atoms with Crippen molar-refractivity contribution in [2.45, 2.75) is 19.1 Å². The van der Waals surface area contributed by atoms with Crippen LogP contribution < -0.4 is 10.2 Å². The summed E-state index contributed by atoms with van der Waals surface area (Å²) in [7, 11) is 0. The Kier molecular flexibility index (Phi) is 5.35. The highest BCUT2D eigenvalue weighted by Gasteiger charge is 2.37. The van der Waals surface area contributed by atoms with E-state index in [9.17, 15) is 31.5 Å². The molecule has 0 bridgehead atoms. The molecule has 4 nitrogen and oxygen atoms in total. The predicted octanol–water partition coefficient (Wildman–Crippen LogP) is 3.65. The quantitative estimate of drug-likeness (QED) is 0.632. The largest absolute Gasteiger partial charge is 0.416 e. The molecular weight excluding hydrogens is 383 g/mol. The van der Waals surface area contributed by atoms with Crippen molar-refractivity contribution in [2.75, 3.05) is 11.4 Å². The van der Waals surface area contributed by atoms with Crippen LogP contribution in [-0.4, -0.2) is 18.4 Å². The summed E-state index contributed by atoms with van der Waals surface area (Å²) in [6.45, 7) is -0.0965. The lowest BCUT2D eigenvalue weighted by Crippen LogP contribution is -2.36. The summed E-state index contributed by atoms with van der Waals surface area (Å²) in [5.41, 5.74) is -0.778. The summed E-state index contributed by atoms with van der Waals surface area (Å²) in [5.74, 6) is -3.69. The Labute approximate surface area is 156 Å². The molecule has 2 aromatic rings. The Hall–Kier alpha value is -2.97. The van der Waals surface area contributed by atoms with Crippen molar-refractivity contribution in [3.05, 3.63) is 65.2 Å². The van der Waals surface area contributed by atoms with Crippen molar-refractivity contribution >= 4 is 17.5 Å². The molecule has 2 amide bonds. The third kappa shape index (κ3) is 4.29. The summed E-state index contributed by atoms with van der Waals surface area (Å²) >= 11 is 0. The van der Waals surface area contributed by atoms with Crippen molar-refractivity contribution in [1.29, 1.82) is 0 Å². The maximum absolute atomic E-state index is 13.4. The van der Waals surface area contributed by atoms with E-state index in [4.69, 9.17) is 0 Å². The molecule has 1 unspecified atom stereocenters. The van der Waals surface area contributed by atoms with Crippen LogP contribution in [0.25, 0.3) is 0 Å². The second-order valence-corrected chi connectivity index (χ2v) is 6.37. The van der Waals surface area contributed by atoms with Crippen molar-refractivity contribution < 1.29 is 31.5 Å². The first-order valence-electron chi connectivity index (χ1n) is 8.36. The number of nitrogens with one attached hydrogen (secondary N) is 1. The number of hydrogen-bond acceptors (Lipinski definition) is 2. The zero-order chi connectivity index (χ0) is 20.5. The number of carbonyl (C=O) groups excluding carboxylic acids is 2. The Morgan fingerprint density at radius 3 is 2.39 bits per heavy atom. The van der Waals surface area contributed by atoms with Gasteiger partial charge in [0.1, 0.15) is 17.6 Å². The number of halogens is 5. The van der Waals surface area contributed by atoms with Gasteiger partial charge in [0.15, 0.2) is 0 Å². The van der Waals surface area contributed by atoms with Crippen molar-refractivity contribution in [3.8, 4) is 0 Å². The van der Waals surface area contributed by atoms with Crippen LogP contribution in [0.3, 0.4) is 0 Å². The lowest BCUT2D eigenvalue weighted by atomic mass is 10.1. The molecule has 3 rings (SSSR count). The first kappa shape index (κ1) is 19.8. The first-order valence-corrected chi connectivity index (χ1v) is 8.36. The Morgan fingerprint density at radius 1 is 1.07 bits per heavy atom. The molecule has 1 fully saturated rings. The molecule has 1 atom stereocenters. The number of amides is 2. The predicted molar refractivity (Wildman–Crippen MR) is 90.1 cm³/mol. The monoisotopic (exact) mass is 398 g/mol. The van der Waals surface area contributed by atoms with Crippen LogP contribution in [0.1, 0.15) is 17.5 Å². The van der Waals surface area contributed by atoms with E-state index in [-0.39, 0.29) is 25.1 Å². The van der Waals surface area contributed by atoms with Gasteiger partial charge < -0.3 is 10.2 Å². The van der Waals surface area contributed by atoms with Crippen LogP contribution in [0.2, 0.25) is 0 Å². The van der Waals surface area contributed by atoms with Gasteiger partial charge >= 0.3 is 6.18 Å². The summed E-state index contributed by atoms with van der Waals surface area (Å²) < 4.78 is 64.7. The van der Waals surface area contributed by atoms with Crippen LogP contribution in [0, 0.1) is 17.6 Å². The molecule has 1 aliphatic heterocycles. The Morgan fingerprint density at radius 2 is 1.75 bits per heavy atom. The summed E-state index contributed by atoms with van der Waals surface area (Å²) in [4.78, 5) is 26.1. The van der Waals surface area contributed by atoms with Gasteiger partial charge in [-0.25, -0.2) is 8.78 Å². The number of hydrogen-bond donors (Lipinski definition) is 1. The van der Waals surface area contributed by atoms with Crippen molar-refractivity contribution in [1.82, 2.24) is 5.32 Å². The van der Waals surface area contributed by atoms with E-state index >= 15 is 0 Å². The van der Waals surface area contributed by atoms with E-state index in [1.165, 1.54) is 29.2 Å². The lowest BCUT2D eigenvalue weighted by molar-refractivity contribution is -0.137. The highest BCUT2D eigenvalue weighted by atomic mass is 19.4. The fourth-order valence-corrected chi connectivity index (χ4v) is 3.03. The summed E-state index contributed by atoms with van der Waals surface area (Å²) in [6.07, 6.45) is -4.50. The second kappa shape index (κ2) is 7.57. The van der Waals surface area contributed by atoms with Gasteiger partial charge in [-0.1, -0.05) is 0 Å². The third-order valence-electron chi connectivity index (χ3n) is 4.41. The number of anilines is 1. The van der Waals surface area contributed by atoms with Gasteiger partial charge in [0.2, 0.25) is 11.8 Å². The van der Waals surface area contributed by atoms with E-state index in [2.05, 4.69) is 5.32 Å². The first-order chi connectivity index (χ1) is 13.1. The van der Waals surface area contributed by atoms with Gasteiger partial charge in [-0.15, -0.1) is 0 Å². The van der Waals surface area contributed by atoms with Crippen molar-refractivity contribution in [2.24, 2.45) is 5.92 Å². The number of nitrogens with zero attached hydrogens (tertiary/aromatic N) is 1. The molecule has 9 heteroatoms. The van der Waals surface area contributed by atoms with Crippen LogP contribution in [0.4, 0.5) is 27.6 Å². The van der Waals surface area contributed by atoms with Gasteiger partial charge in [-0.2, -0.15) is 13.2 Å². The molecule has 0 aliphatic carbocycles. The maximum atomic E-state index is 13.4. The number of benzene rings is 2. The van der Waals surface area contributed by atoms with Gasteiger partial charge in [-0.05, 0) is 54.4 Å². The third-order valence-corrected chi connectivity index (χ3v) is 4.41. The van der Waals surface area contributed by atoms with Gasteiger partial charge in [-0.3, -0.25) is 9.59 Å². The molecule has 1 N–H and O–H groups in total. The molecule has 1 heterocycles. The van der Waals surface area contributed by atoms with Crippen LogP contribution in [0.15, 0.2) is 42.5 Å². The minimum absolute atomic E-state index is 0.0680. The fraction of sp³-hybridized carbons (Fsp3) is 0.263. The fourth-order valence-electron chi connectivity index (χ4n) is 3.03. The Balaban J connectivity index is 1.65. The minimum atomic E-state index is -4.71. The SMILES string of the molecule is O=C(NCc1cc(F)cc(C(F)(F)F)c1)C1CCN(c2ccc(F)cc2)C1=O. The highest BCUT2D eigenvalue weighted by molar-refractivity contribution is 6.09. The van der Waals surface area contributed by atoms with E-state index < -0.39 is 41.1 Å². The molecule has 0 radical (unpaired) electrons. The van der Waals surface area contributed by atoms with E-state index in [0.29, 0.717) is 11.8 Å². The second-order valence-electron chi connectivity index (χ2n) is 6.37. The van der Waals surface area contributed by atoms with E-state index in [0.717, 1.165) is 12.1 Å². The van der Waals surface area contributed by atoms with Crippen molar-refractivity contribution in [3.63, 3.8) is 0 Å². The average Bonchev–Trinajstić information content (AvgIpc) is 3.01. The van der Waals surface area contributed by atoms with Gasteiger partial charge in [0.25, 0.3) is 0 Å². The normalized spacial score (nSPS) is 17.1. The molecule has 2 aromatic carbocycles. The van der Waals surface area contributed by atoms with Crippen LogP contribution >= 0.6 is 0 Å². The van der Waals surface area contributed by atoms with Gasteiger partial charge in [0, 0.05) is 18.8 Å². The molecular formula is C19H15F5N2O2. The van der Waals surface area contributed by atoms with Gasteiger partial charge in [0.05, 0.1) is 5.56 Å². The molecule has 28 heavy (non-hydrogen) atoms. The molecule has 1 aliphatic rings. The smallest absolute Gasteiger partial charge is 0.351 e. The number of alkyl halides is 3. The molecule has 0 saturated carbocycles. The average molecular weight is 398 g/mol. The molecule has 0 aromatic heterocycles. The van der Waals surface area contributed by atoms with E-state index in [1.54, 1.807) is 0 Å². The topological polar surface area (TPSA) is 49.4 Å². The highest BCUT2D eigenvalue weighted by Crippen LogP contribution is 2.30. The number of carbonyl (C=O) groups is 2. The zero-order valence-electron chi connectivity index (χ0n) is 14.4. The minimum Gasteiger partial charge on any atom is -0.351 e. The van der Waals surface area contributed by atoms with E-state index in [1.807, 2.05) is 0 Å². The van der Waals surface area contributed by atoms with Crippen LogP contribution in [-0.2, 0) is 22.3 Å². The lowest BCUT2D eigenvalue weighted by Gasteiger charge is -2.17.